The van der Waals surface area contributed by atoms with Gasteiger partial charge in [-0.15, -0.1) is 0 Å². The predicted molar refractivity (Wildman–Crippen MR) is 72.8 cm³/mol. The van der Waals surface area contributed by atoms with Gasteiger partial charge in [0, 0.05) is 30.9 Å². The maximum atomic E-state index is 12.7. The lowest BCUT2D eigenvalue weighted by Crippen LogP contribution is -2.27. The number of likely N-dealkylation sites (tertiary alicyclic amines) is 1. The Balaban J connectivity index is 1.70. The van der Waals surface area contributed by atoms with E-state index in [0.717, 1.165) is 25.6 Å². The Morgan fingerprint density at radius 2 is 2.00 bits per heavy atom. The number of hydrogen-bond acceptors (Lipinski definition) is 3. The van der Waals surface area contributed by atoms with Crippen LogP contribution < -0.4 is 5.32 Å². The lowest BCUT2D eigenvalue weighted by molar-refractivity contribution is -0.137. The SMILES string of the molecule is N#Cc1cc(NC2CCN(C3CC3)C2)ccc1C(F)(F)F. The fraction of sp³-hybridized carbons (Fsp3) is 0.533. The molecule has 1 aliphatic heterocycles. The third-order valence-corrected chi connectivity index (χ3v) is 4.10. The molecule has 6 heteroatoms. The van der Waals surface area contributed by atoms with Gasteiger partial charge in [-0.05, 0) is 37.5 Å². The molecule has 0 amide bonds. The van der Waals surface area contributed by atoms with Crippen molar-refractivity contribution in [2.24, 2.45) is 0 Å². The monoisotopic (exact) mass is 295 g/mol. The minimum absolute atomic E-state index is 0.244. The quantitative estimate of drug-likeness (QED) is 0.930. The van der Waals surface area contributed by atoms with Crippen LogP contribution in [0, 0.1) is 11.3 Å². The van der Waals surface area contributed by atoms with Crippen LogP contribution in [0.25, 0.3) is 0 Å². The van der Waals surface area contributed by atoms with Crippen LogP contribution >= 0.6 is 0 Å². The van der Waals surface area contributed by atoms with Crippen molar-refractivity contribution in [2.45, 2.75) is 37.5 Å². The van der Waals surface area contributed by atoms with Gasteiger partial charge in [-0.25, -0.2) is 0 Å². The zero-order valence-corrected chi connectivity index (χ0v) is 11.5. The molecule has 2 aliphatic rings. The second-order valence-electron chi connectivity index (χ2n) is 5.73. The molecule has 0 radical (unpaired) electrons. The molecule has 1 aliphatic carbocycles. The number of nitrogens with zero attached hydrogens (tertiary/aromatic N) is 2. The van der Waals surface area contributed by atoms with Crippen molar-refractivity contribution in [1.82, 2.24) is 4.90 Å². The summed E-state index contributed by atoms with van der Waals surface area (Å²) in [5, 5.41) is 12.2. The molecule has 0 aromatic heterocycles. The number of nitriles is 1. The lowest BCUT2D eigenvalue weighted by atomic mass is 10.1. The highest BCUT2D eigenvalue weighted by atomic mass is 19.4. The Bertz CT molecular complexity index is 573. The van der Waals surface area contributed by atoms with E-state index in [-0.39, 0.29) is 11.6 Å². The topological polar surface area (TPSA) is 39.1 Å². The van der Waals surface area contributed by atoms with Crippen LogP contribution in [0.3, 0.4) is 0 Å². The number of alkyl halides is 3. The Labute approximate surface area is 121 Å². The molecule has 1 saturated carbocycles. The highest BCUT2D eigenvalue weighted by Crippen LogP contribution is 2.34. The molecule has 112 valence electrons. The van der Waals surface area contributed by atoms with Crippen LogP contribution in [-0.4, -0.2) is 30.1 Å². The van der Waals surface area contributed by atoms with E-state index in [4.69, 9.17) is 5.26 Å². The van der Waals surface area contributed by atoms with E-state index in [1.165, 1.54) is 25.0 Å². The first-order valence-corrected chi connectivity index (χ1v) is 7.09. The van der Waals surface area contributed by atoms with E-state index < -0.39 is 11.7 Å². The number of anilines is 1. The normalized spacial score (nSPS) is 23.0. The molecule has 1 saturated heterocycles. The zero-order chi connectivity index (χ0) is 15.0. The maximum Gasteiger partial charge on any atom is 0.417 e. The number of nitrogens with one attached hydrogen (secondary N) is 1. The van der Waals surface area contributed by atoms with Crippen molar-refractivity contribution < 1.29 is 13.2 Å². The number of rotatable bonds is 3. The highest BCUT2D eigenvalue weighted by Gasteiger charge is 2.35. The van der Waals surface area contributed by atoms with Crippen molar-refractivity contribution in [3.63, 3.8) is 0 Å². The zero-order valence-electron chi connectivity index (χ0n) is 11.5. The summed E-state index contributed by atoms with van der Waals surface area (Å²) in [5.41, 5.74) is -0.617. The van der Waals surface area contributed by atoms with Gasteiger partial charge in [0.25, 0.3) is 0 Å². The summed E-state index contributed by atoms with van der Waals surface area (Å²) < 4.78 is 38.2. The summed E-state index contributed by atoms with van der Waals surface area (Å²) in [6, 6.07) is 6.27. The summed E-state index contributed by atoms with van der Waals surface area (Å²) >= 11 is 0. The van der Waals surface area contributed by atoms with Crippen molar-refractivity contribution in [3.05, 3.63) is 29.3 Å². The molecule has 2 fully saturated rings. The first kappa shape index (κ1) is 14.2. The van der Waals surface area contributed by atoms with Crippen molar-refractivity contribution in [2.75, 3.05) is 18.4 Å². The van der Waals surface area contributed by atoms with Gasteiger partial charge in [0.1, 0.15) is 0 Å². The van der Waals surface area contributed by atoms with Gasteiger partial charge in [-0.2, -0.15) is 18.4 Å². The maximum absolute atomic E-state index is 12.7. The van der Waals surface area contributed by atoms with Gasteiger partial charge in [-0.1, -0.05) is 0 Å². The largest absolute Gasteiger partial charge is 0.417 e. The van der Waals surface area contributed by atoms with Crippen molar-refractivity contribution in [3.8, 4) is 6.07 Å². The van der Waals surface area contributed by atoms with Gasteiger partial charge in [0.2, 0.25) is 0 Å². The Morgan fingerprint density at radius 3 is 2.62 bits per heavy atom. The van der Waals surface area contributed by atoms with Gasteiger partial charge in [-0.3, -0.25) is 4.90 Å². The molecule has 1 unspecified atom stereocenters. The van der Waals surface area contributed by atoms with Crippen LogP contribution in [0.15, 0.2) is 18.2 Å². The third kappa shape index (κ3) is 3.13. The van der Waals surface area contributed by atoms with E-state index in [0.29, 0.717) is 11.7 Å². The predicted octanol–water partition coefficient (Wildman–Crippen LogP) is 3.23. The molecular weight excluding hydrogens is 279 g/mol. The van der Waals surface area contributed by atoms with E-state index in [1.807, 2.05) is 0 Å². The summed E-state index contributed by atoms with van der Waals surface area (Å²) in [4.78, 5) is 2.42. The van der Waals surface area contributed by atoms with Gasteiger partial charge < -0.3 is 5.32 Å². The molecule has 1 aromatic carbocycles. The van der Waals surface area contributed by atoms with E-state index in [9.17, 15) is 13.2 Å². The van der Waals surface area contributed by atoms with Gasteiger partial charge >= 0.3 is 6.18 Å². The summed E-state index contributed by atoms with van der Waals surface area (Å²) in [7, 11) is 0. The van der Waals surface area contributed by atoms with E-state index in [2.05, 4.69) is 10.2 Å². The van der Waals surface area contributed by atoms with Crippen LogP contribution in [0.2, 0.25) is 0 Å². The standard InChI is InChI=1S/C15H16F3N3/c16-15(17,18)14-4-1-11(7-10(14)8-19)20-12-5-6-21(9-12)13-2-3-13/h1,4,7,12-13,20H,2-3,5-6,9H2. The van der Waals surface area contributed by atoms with Crippen molar-refractivity contribution in [1.29, 1.82) is 5.26 Å². The minimum atomic E-state index is -4.49. The smallest absolute Gasteiger partial charge is 0.381 e. The van der Waals surface area contributed by atoms with Crippen molar-refractivity contribution >= 4 is 5.69 Å². The van der Waals surface area contributed by atoms with Crippen LogP contribution in [-0.2, 0) is 6.18 Å². The summed E-state index contributed by atoms with van der Waals surface area (Å²) in [6.07, 6.45) is -0.990. The highest BCUT2D eigenvalue weighted by molar-refractivity contribution is 5.54. The molecular formula is C15H16F3N3. The van der Waals surface area contributed by atoms with Gasteiger partial charge in [0.05, 0.1) is 17.2 Å². The Hall–Kier alpha value is -1.74. The van der Waals surface area contributed by atoms with Crippen LogP contribution in [0.4, 0.5) is 18.9 Å². The molecule has 1 N–H and O–H groups in total. The molecule has 21 heavy (non-hydrogen) atoms. The van der Waals surface area contributed by atoms with E-state index in [1.54, 1.807) is 6.07 Å². The van der Waals surface area contributed by atoms with Gasteiger partial charge in [0.15, 0.2) is 0 Å². The first-order chi connectivity index (χ1) is 9.97. The molecule has 1 heterocycles. The minimum Gasteiger partial charge on any atom is -0.381 e. The fourth-order valence-electron chi connectivity index (χ4n) is 2.89. The molecule has 1 aromatic rings. The molecule has 1 atom stereocenters. The average molecular weight is 295 g/mol. The number of benzene rings is 1. The van der Waals surface area contributed by atoms with Crippen LogP contribution in [0.1, 0.15) is 30.4 Å². The second kappa shape index (κ2) is 5.23. The molecule has 3 nitrogen and oxygen atoms in total. The summed E-state index contributed by atoms with van der Waals surface area (Å²) in [6.45, 7) is 1.96. The molecule has 0 bridgehead atoms. The number of hydrogen-bond donors (Lipinski definition) is 1. The third-order valence-electron chi connectivity index (χ3n) is 4.10. The second-order valence-corrected chi connectivity index (χ2v) is 5.73. The Kier molecular flexibility index (Phi) is 3.54. The summed E-state index contributed by atoms with van der Waals surface area (Å²) in [5.74, 6) is 0. The average Bonchev–Trinajstić information content (AvgIpc) is 3.18. The molecule has 3 rings (SSSR count). The lowest BCUT2D eigenvalue weighted by Gasteiger charge is -2.17. The van der Waals surface area contributed by atoms with Crippen LogP contribution in [0.5, 0.6) is 0 Å². The Morgan fingerprint density at radius 1 is 1.24 bits per heavy atom. The van der Waals surface area contributed by atoms with E-state index >= 15 is 0 Å². The number of halogens is 3. The first-order valence-electron chi connectivity index (χ1n) is 7.09. The fourth-order valence-corrected chi connectivity index (χ4v) is 2.89. The molecule has 0 spiro atoms.